The van der Waals surface area contributed by atoms with Gasteiger partial charge in [-0.2, -0.15) is 5.10 Å². The third kappa shape index (κ3) is 2.40. The van der Waals surface area contributed by atoms with Crippen molar-refractivity contribution < 1.29 is 0 Å². The van der Waals surface area contributed by atoms with E-state index in [1.165, 1.54) is 36.9 Å². The second-order valence-electron chi connectivity index (χ2n) is 4.44. The van der Waals surface area contributed by atoms with E-state index < -0.39 is 0 Å². The molecule has 1 saturated carbocycles. The molecule has 1 aliphatic rings. The fourth-order valence-corrected chi connectivity index (χ4v) is 2.31. The van der Waals surface area contributed by atoms with Crippen molar-refractivity contribution in [3.05, 3.63) is 17.5 Å². The molecule has 0 atom stereocenters. The second kappa shape index (κ2) is 4.79. The van der Waals surface area contributed by atoms with Gasteiger partial charge in [0.2, 0.25) is 0 Å². The summed E-state index contributed by atoms with van der Waals surface area (Å²) < 4.78 is 2.19. The number of nitrogens with zero attached hydrogens (tertiary/aromatic N) is 2. The van der Waals surface area contributed by atoms with Gasteiger partial charge in [-0.25, -0.2) is 0 Å². The van der Waals surface area contributed by atoms with Crippen LogP contribution in [0.2, 0.25) is 0 Å². The first-order valence-electron chi connectivity index (χ1n) is 6.06. The van der Waals surface area contributed by atoms with Crippen LogP contribution in [0.3, 0.4) is 0 Å². The highest BCUT2D eigenvalue weighted by molar-refractivity contribution is 5.15. The predicted octanol–water partition coefficient (Wildman–Crippen LogP) is 2.42. The van der Waals surface area contributed by atoms with Crippen molar-refractivity contribution in [2.45, 2.75) is 52.1 Å². The van der Waals surface area contributed by atoms with Crippen LogP contribution >= 0.6 is 0 Å². The van der Waals surface area contributed by atoms with Gasteiger partial charge in [-0.05, 0) is 26.3 Å². The van der Waals surface area contributed by atoms with Crippen LogP contribution in [0.1, 0.15) is 49.9 Å². The molecule has 84 valence electrons. The zero-order valence-electron chi connectivity index (χ0n) is 9.79. The minimum atomic E-state index is 0.666. The van der Waals surface area contributed by atoms with E-state index in [1.807, 2.05) is 0 Å². The van der Waals surface area contributed by atoms with Crippen LogP contribution in [0.4, 0.5) is 0 Å². The summed E-state index contributed by atoms with van der Waals surface area (Å²) in [5.74, 6) is 0. The summed E-state index contributed by atoms with van der Waals surface area (Å²) in [6, 6.07) is 0.666. The topological polar surface area (TPSA) is 29.9 Å². The van der Waals surface area contributed by atoms with Crippen molar-refractivity contribution in [1.29, 1.82) is 0 Å². The molecule has 15 heavy (non-hydrogen) atoms. The number of rotatable bonds is 4. The molecular weight excluding hydrogens is 186 g/mol. The maximum atomic E-state index is 4.62. The third-order valence-corrected chi connectivity index (χ3v) is 3.28. The largest absolute Gasteiger partial charge is 0.313 e. The number of aryl methyl sites for hydroxylation is 1. The molecule has 0 bridgehead atoms. The van der Waals surface area contributed by atoms with Crippen LogP contribution in [0.25, 0.3) is 0 Å². The molecule has 1 fully saturated rings. The van der Waals surface area contributed by atoms with Gasteiger partial charge in [0.05, 0.1) is 11.7 Å². The van der Waals surface area contributed by atoms with E-state index in [-0.39, 0.29) is 0 Å². The molecule has 1 aromatic heterocycles. The molecule has 0 unspecified atom stereocenters. The van der Waals surface area contributed by atoms with E-state index in [0.717, 1.165) is 13.1 Å². The van der Waals surface area contributed by atoms with Gasteiger partial charge in [0.25, 0.3) is 0 Å². The van der Waals surface area contributed by atoms with E-state index in [2.05, 4.69) is 35.1 Å². The normalized spacial score (nSPS) is 17.5. The molecule has 2 rings (SSSR count). The van der Waals surface area contributed by atoms with Crippen LogP contribution in [0.15, 0.2) is 6.20 Å². The Morgan fingerprint density at radius 2 is 2.20 bits per heavy atom. The highest BCUT2D eigenvalue weighted by Gasteiger charge is 2.18. The summed E-state index contributed by atoms with van der Waals surface area (Å²) in [6.07, 6.45) is 7.58. The van der Waals surface area contributed by atoms with E-state index in [4.69, 9.17) is 0 Å². The van der Waals surface area contributed by atoms with Crippen molar-refractivity contribution in [2.24, 2.45) is 0 Å². The van der Waals surface area contributed by atoms with Crippen molar-refractivity contribution in [3.8, 4) is 0 Å². The molecule has 0 radical (unpaired) electrons. The molecule has 3 heteroatoms. The van der Waals surface area contributed by atoms with Gasteiger partial charge in [-0.15, -0.1) is 0 Å². The van der Waals surface area contributed by atoms with Gasteiger partial charge in [-0.3, -0.25) is 4.68 Å². The fraction of sp³-hybridized carbons (Fsp3) is 0.750. The lowest BCUT2D eigenvalue weighted by molar-refractivity contribution is 0.464. The Hall–Kier alpha value is -0.830. The Kier molecular flexibility index (Phi) is 3.41. The van der Waals surface area contributed by atoms with Gasteiger partial charge in [0, 0.05) is 18.3 Å². The van der Waals surface area contributed by atoms with Crippen molar-refractivity contribution in [2.75, 3.05) is 6.54 Å². The first-order chi connectivity index (χ1) is 7.31. The van der Waals surface area contributed by atoms with Crippen LogP contribution < -0.4 is 5.32 Å². The summed E-state index contributed by atoms with van der Waals surface area (Å²) in [4.78, 5) is 0. The van der Waals surface area contributed by atoms with Gasteiger partial charge in [-0.1, -0.05) is 19.8 Å². The smallest absolute Gasteiger partial charge is 0.0638 e. The quantitative estimate of drug-likeness (QED) is 0.821. The Bertz CT molecular complexity index is 311. The zero-order chi connectivity index (χ0) is 10.7. The standard InChI is InChI=1S/C12H21N3/c1-3-13-8-11-9-15(14-10(11)2)12-6-4-5-7-12/h9,12-13H,3-8H2,1-2H3. The minimum absolute atomic E-state index is 0.666. The van der Waals surface area contributed by atoms with Crippen LogP contribution in [-0.4, -0.2) is 16.3 Å². The summed E-state index contributed by atoms with van der Waals surface area (Å²) in [7, 11) is 0. The van der Waals surface area contributed by atoms with Gasteiger partial charge in [0.1, 0.15) is 0 Å². The first kappa shape index (κ1) is 10.7. The maximum absolute atomic E-state index is 4.62. The molecule has 0 saturated heterocycles. The highest BCUT2D eigenvalue weighted by atomic mass is 15.3. The lowest BCUT2D eigenvalue weighted by Crippen LogP contribution is -2.11. The summed E-state index contributed by atoms with van der Waals surface area (Å²) >= 11 is 0. The summed E-state index contributed by atoms with van der Waals surface area (Å²) in [5, 5.41) is 7.98. The molecule has 0 amide bonds. The van der Waals surface area contributed by atoms with Crippen LogP contribution in [0.5, 0.6) is 0 Å². The minimum Gasteiger partial charge on any atom is -0.313 e. The van der Waals surface area contributed by atoms with Gasteiger partial charge in [0.15, 0.2) is 0 Å². The molecule has 1 aliphatic carbocycles. The average Bonchev–Trinajstić information content (AvgIpc) is 2.83. The molecule has 0 aromatic carbocycles. The average molecular weight is 207 g/mol. The molecule has 1 heterocycles. The van der Waals surface area contributed by atoms with Crippen molar-refractivity contribution in [1.82, 2.24) is 15.1 Å². The fourth-order valence-electron chi connectivity index (χ4n) is 2.31. The Morgan fingerprint density at radius 1 is 1.47 bits per heavy atom. The first-order valence-corrected chi connectivity index (χ1v) is 6.06. The predicted molar refractivity (Wildman–Crippen MR) is 61.8 cm³/mol. The summed E-state index contributed by atoms with van der Waals surface area (Å²) in [5.41, 5.74) is 2.53. The van der Waals surface area contributed by atoms with Gasteiger partial charge < -0.3 is 5.32 Å². The molecule has 1 aromatic rings. The lowest BCUT2D eigenvalue weighted by Gasteiger charge is -2.08. The highest BCUT2D eigenvalue weighted by Crippen LogP contribution is 2.29. The zero-order valence-corrected chi connectivity index (χ0v) is 9.79. The number of nitrogens with one attached hydrogen (secondary N) is 1. The summed E-state index contributed by atoms with van der Waals surface area (Å²) in [6.45, 7) is 6.22. The number of hydrogen-bond donors (Lipinski definition) is 1. The molecule has 1 N–H and O–H groups in total. The van der Waals surface area contributed by atoms with E-state index in [9.17, 15) is 0 Å². The number of aromatic nitrogens is 2. The second-order valence-corrected chi connectivity index (χ2v) is 4.44. The van der Waals surface area contributed by atoms with Crippen molar-refractivity contribution in [3.63, 3.8) is 0 Å². The Morgan fingerprint density at radius 3 is 2.87 bits per heavy atom. The molecule has 0 aliphatic heterocycles. The molecular formula is C12H21N3. The maximum Gasteiger partial charge on any atom is 0.0638 e. The van der Waals surface area contributed by atoms with Gasteiger partial charge >= 0.3 is 0 Å². The SMILES string of the molecule is CCNCc1cn(C2CCCC2)nc1C. The van der Waals surface area contributed by atoms with Crippen molar-refractivity contribution >= 4 is 0 Å². The van der Waals surface area contributed by atoms with Crippen LogP contribution in [0, 0.1) is 6.92 Å². The molecule has 0 spiro atoms. The Labute approximate surface area is 91.9 Å². The van der Waals surface area contributed by atoms with E-state index >= 15 is 0 Å². The third-order valence-electron chi connectivity index (χ3n) is 3.28. The van der Waals surface area contributed by atoms with E-state index in [1.54, 1.807) is 0 Å². The Balaban J connectivity index is 2.06. The molecule has 3 nitrogen and oxygen atoms in total. The number of hydrogen-bond acceptors (Lipinski definition) is 2. The monoisotopic (exact) mass is 207 g/mol. The van der Waals surface area contributed by atoms with E-state index in [0.29, 0.717) is 6.04 Å². The van der Waals surface area contributed by atoms with Crippen LogP contribution in [-0.2, 0) is 6.54 Å². The lowest BCUT2D eigenvalue weighted by atomic mass is 10.2.